The van der Waals surface area contributed by atoms with Crippen molar-refractivity contribution in [2.75, 3.05) is 6.54 Å². The molecule has 0 radical (unpaired) electrons. The van der Waals surface area contributed by atoms with Crippen LogP contribution in [0.2, 0.25) is 0 Å². The zero-order valence-corrected chi connectivity index (χ0v) is 9.87. The Morgan fingerprint density at radius 2 is 1.62 bits per heavy atom. The van der Waals surface area contributed by atoms with Gasteiger partial charge < -0.3 is 11.1 Å². The summed E-state index contributed by atoms with van der Waals surface area (Å²) in [6.45, 7) is 0.470. The molecule has 90 valence electrons. The van der Waals surface area contributed by atoms with Crippen molar-refractivity contribution in [2.45, 2.75) is 50.5 Å². The van der Waals surface area contributed by atoms with Gasteiger partial charge in [-0.1, -0.05) is 0 Å². The number of amides is 1. The number of carbonyl (C=O) groups is 1. The lowest BCUT2D eigenvalue weighted by Gasteiger charge is -2.56. The van der Waals surface area contributed by atoms with Gasteiger partial charge in [-0.2, -0.15) is 0 Å². The zero-order valence-electron chi connectivity index (χ0n) is 9.87. The first kappa shape index (κ1) is 10.6. The maximum absolute atomic E-state index is 11.7. The van der Waals surface area contributed by atoms with E-state index in [9.17, 15) is 4.79 Å². The molecule has 0 aliphatic heterocycles. The number of rotatable bonds is 3. The molecule has 4 aliphatic carbocycles. The molecule has 0 aromatic carbocycles. The van der Waals surface area contributed by atoms with Crippen molar-refractivity contribution < 1.29 is 4.79 Å². The highest BCUT2D eigenvalue weighted by Gasteiger charge is 2.51. The highest BCUT2D eigenvalue weighted by atomic mass is 16.1. The quantitative estimate of drug-likeness (QED) is 0.759. The lowest BCUT2D eigenvalue weighted by atomic mass is 9.53. The molecule has 1 amide bonds. The van der Waals surface area contributed by atoms with E-state index in [0.29, 0.717) is 13.0 Å². The SMILES string of the molecule is NCCC(=O)NC12CC3CC(CC(C3)C1)C2. The normalized spacial score (nSPS) is 44.7. The zero-order chi connectivity index (χ0) is 11.2. The van der Waals surface area contributed by atoms with Gasteiger partial charge in [0.2, 0.25) is 5.91 Å². The van der Waals surface area contributed by atoms with Crippen LogP contribution in [0, 0.1) is 17.8 Å². The van der Waals surface area contributed by atoms with Crippen molar-refractivity contribution in [1.82, 2.24) is 5.32 Å². The van der Waals surface area contributed by atoms with Crippen LogP contribution in [0.15, 0.2) is 0 Å². The van der Waals surface area contributed by atoms with Gasteiger partial charge >= 0.3 is 0 Å². The summed E-state index contributed by atoms with van der Waals surface area (Å²) in [5.74, 6) is 2.85. The number of hydrogen-bond donors (Lipinski definition) is 2. The third kappa shape index (κ3) is 1.75. The molecule has 0 unspecified atom stereocenters. The average molecular weight is 222 g/mol. The lowest BCUT2D eigenvalue weighted by molar-refractivity contribution is -0.126. The molecule has 0 aromatic rings. The minimum Gasteiger partial charge on any atom is -0.351 e. The Balaban J connectivity index is 1.71. The first-order chi connectivity index (χ1) is 7.69. The fraction of sp³-hybridized carbons (Fsp3) is 0.923. The van der Waals surface area contributed by atoms with Crippen molar-refractivity contribution in [2.24, 2.45) is 23.5 Å². The molecule has 0 atom stereocenters. The Hall–Kier alpha value is -0.570. The molecular formula is C13H22N2O. The second-order valence-corrected chi connectivity index (χ2v) is 6.28. The molecule has 3 nitrogen and oxygen atoms in total. The average Bonchev–Trinajstić information content (AvgIpc) is 2.13. The molecule has 16 heavy (non-hydrogen) atoms. The van der Waals surface area contributed by atoms with E-state index in [2.05, 4.69) is 5.32 Å². The minimum absolute atomic E-state index is 0.168. The number of nitrogens with one attached hydrogen (secondary N) is 1. The second kappa shape index (κ2) is 3.73. The third-order valence-corrected chi connectivity index (χ3v) is 4.81. The number of nitrogens with two attached hydrogens (primary N) is 1. The standard InChI is InChI=1S/C13H22N2O/c14-2-1-12(16)15-13-6-9-3-10(7-13)5-11(4-9)8-13/h9-11H,1-8,14H2,(H,15,16). The van der Waals surface area contributed by atoms with Gasteiger partial charge in [-0.25, -0.2) is 0 Å². The Bertz CT molecular complexity index is 265. The number of carbonyl (C=O) groups excluding carboxylic acids is 1. The largest absolute Gasteiger partial charge is 0.351 e. The summed E-state index contributed by atoms with van der Waals surface area (Å²) in [4.78, 5) is 11.7. The van der Waals surface area contributed by atoms with Crippen molar-refractivity contribution in [3.05, 3.63) is 0 Å². The van der Waals surface area contributed by atoms with E-state index in [1.54, 1.807) is 0 Å². The van der Waals surface area contributed by atoms with E-state index in [4.69, 9.17) is 5.73 Å². The molecule has 4 bridgehead atoms. The van der Waals surface area contributed by atoms with Crippen LogP contribution in [0.4, 0.5) is 0 Å². The molecule has 4 fully saturated rings. The molecule has 0 heterocycles. The van der Waals surface area contributed by atoms with E-state index >= 15 is 0 Å². The summed E-state index contributed by atoms with van der Waals surface area (Å²) in [5.41, 5.74) is 5.60. The summed E-state index contributed by atoms with van der Waals surface area (Å²) >= 11 is 0. The van der Waals surface area contributed by atoms with Crippen LogP contribution in [0.5, 0.6) is 0 Å². The van der Waals surface area contributed by atoms with Crippen molar-refractivity contribution in [3.8, 4) is 0 Å². The summed E-state index contributed by atoms with van der Waals surface area (Å²) in [7, 11) is 0. The summed E-state index contributed by atoms with van der Waals surface area (Å²) in [6, 6.07) is 0. The second-order valence-electron chi connectivity index (χ2n) is 6.28. The molecule has 4 aliphatic rings. The van der Waals surface area contributed by atoms with Crippen molar-refractivity contribution in [3.63, 3.8) is 0 Å². The van der Waals surface area contributed by atoms with Gasteiger partial charge in [-0.05, 0) is 56.3 Å². The first-order valence-electron chi connectivity index (χ1n) is 6.70. The van der Waals surface area contributed by atoms with E-state index in [1.165, 1.54) is 38.5 Å². The van der Waals surface area contributed by atoms with Gasteiger partial charge in [-0.15, -0.1) is 0 Å². The fourth-order valence-electron chi connectivity index (χ4n) is 4.75. The van der Waals surface area contributed by atoms with Crippen molar-refractivity contribution >= 4 is 5.91 Å². The highest BCUT2D eigenvalue weighted by molar-refractivity contribution is 5.77. The first-order valence-corrected chi connectivity index (χ1v) is 6.70. The Morgan fingerprint density at radius 1 is 1.12 bits per heavy atom. The van der Waals surface area contributed by atoms with E-state index in [1.807, 2.05) is 0 Å². The van der Waals surface area contributed by atoms with E-state index in [0.717, 1.165) is 17.8 Å². The Labute approximate surface area is 97.2 Å². The number of hydrogen-bond acceptors (Lipinski definition) is 2. The van der Waals surface area contributed by atoms with Crippen LogP contribution in [0.3, 0.4) is 0 Å². The molecular weight excluding hydrogens is 200 g/mol. The third-order valence-electron chi connectivity index (χ3n) is 4.81. The maximum atomic E-state index is 11.7. The molecule has 4 saturated carbocycles. The summed E-state index contributed by atoms with van der Waals surface area (Å²) in [5, 5.41) is 3.31. The Kier molecular flexibility index (Phi) is 2.46. The predicted molar refractivity (Wildman–Crippen MR) is 62.7 cm³/mol. The van der Waals surface area contributed by atoms with Crippen LogP contribution < -0.4 is 11.1 Å². The minimum atomic E-state index is 0.168. The van der Waals surface area contributed by atoms with Gasteiger partial charge in [0, 0.05) is 18.5 Å². The van der Waals surface area contributed by atoms with Gasteiger partial charge in [0.25, 0.3) is 0 Å². The van der Waals surface area contributed by atoms with Crippen LogP contribution in [-0.4, -0.2) is 18.0 Å². The van der Waals surface area contributed by atoms with Crippen LogP contribution >= 0.6 is 0 Å². The highest BCUT2D eigenvalue weighted by Crippen LogP contribution is 2.55. The van der Waals surface area contributed by atoms with Gasteiger partial charge in [0.15, 0.2) is 0 Å². The topological polar surface area (TPSA) is 55.1 Å². The maximum Gasteiger partial charge on any atom is 0.221 e. The van der Waals surface area contributed by atoms with Gasteiger partial charge in [-0.3, -0.25) is 4.79 Å². The Morgan fingerprint density at radius 3 is 2.06 bits per heavy atom. The van der Waals surface area contributed by atoms with Gasteiger partial charge in [0.05, 0.1) is 0 Å². The molecule has 4 rings (SSSR count). The smallest absolute Gasteiger partial charge is 0.221 e. The monoisotopic (exact) mass is 222 g/mol. The van der Waals surface area contributed by atoms with E-state index < -0.39 is 0 Å². The summed E-state index contributed by atoms with van der Waals surface area (Å²) in [6.07, 6.45) is 8.45. The van der Waals surface area contributed by atoms with Crippen LogP contribution in [0.25, 0.3) is 0 Å². The summed E-state index contributed by atoms with van der Waals surface area (Å²) < 4.78 is 0. The predicted octanol–water partition coefficient (Wildman–Crippen LogP) is 1.42. The molecule has 0 aromatic heterocycles. The molecule has 0 saturated heterocycles. The van der Waals surface area contributed by atoms with Crippen LogP contribution in [0.1, 0.15) is 44.9 Å². The molecule has 3 heteroatoms. The molecule has 0 spiro atoms. The fourth-order valence-corrected chi connectivity index (χ4v) is 4.75. The van der Waals surface area contributed by atoms with E-state index in [-0.39, 0.29) is 11.4 Å². The van der Waals surface area contributed by atoms with Crippen molar-refractivity contribution in [1.29, 1.82) is 0 Å². The van der Waals surface area contributed by atoms with Gasteiger partial charge in [0.1, 0.15) is 0 Å². The van der Waals surface area contributed by atoms with Crippen LogP contribution in [-0.2, 0) is 4.79 Å². The lowest BCUT2D eigenvalue weighted by Crippen LogP contribution is -2.60. The molecule has 3 N–H and O–H groups in total.